The minimum absolute atomic E-state index is 0.101. The highest BCUT2D eigenvalue weighted by molar-refractivity contribution is 8.66. The van der Waals surface area contributed by atoms with Crippen LogP contribution in [0.2, 0.25) is 0 Å². The van der Waals surface area contributed by atoms with Gasteiger partial charge in [-0.25, -0.2) is 36.6 Å². The number of nitrogens with one attached hydrogen (secondary N) is 1. The van der Waals surface area contributed by atoms with E-state index in [0.29, 0.717) is 28.2 Å². The van der Waals surface area contributed by atoms with Crippen LogP contribution in [-0.2, 0) is 22.5 Å². The average Bonchev–Trinajstić information content (AvgIpc) is 2.77. The van der Waals surface area contributed by atoms with E-state index in [4.69, 9.17) is 4.74 Å². The highest BCUT2D eigenvalue weighted by Crippen LogP contribution is 2.31. The Labute approximate surface area is 182 Å². The number of fused-ring (bicyclic) bond motifs is 3. The molecule has 4 aromatic rings. The summed E-state index contributed by atoms with van der Waals surface area (Å²) in [5.41, 5.74) is 1.41. The molecule has 0 atom stereocenters. The van der Waals surface area contributed by atoms with Gasteiger partial charge in [0.2, 0.25) is 0 Å². The Kier molecular flexibility index (Phi) is 5.26. The summed E-state index contributed by atoms with van der Waals surface area (Å²) in [5, 5.41) is 3.16. The van der Waals surface area contributed by atoms with Crippen LogP contribution in [0, 0.1) is 0 Å². The monoisotopic (exact) mass is 472 g/mol. The highest BCUT2D eigenvalue weighted by atomic mass is 33.2. The van der Waals surface area contributed by atoms with Crippen LogP contribution in [0.4, 0.5) is 11.5 Å². The molecule has 0 unspecified atom stereocenters. The summed E-state index contributed by atoms with van der Waals surface area (Å²) in [6, 6.07) is 13.6. The second-order valence-corrected chi connectivity index (χ2v) is 12.6. The minimum Gasteiger partial charge on any atom is -0.465 e. The number of carbonyl (C=O) groups excluding carboxylic acids is 1. The fourth-order valence-electron chi connectivity index (χ4n) is 3.01. The lowest BCUT2D eigenvalue weighted by atomic mass is 10.1. The van der Waals surface area contributed by atoms with Crippen molar-refractivity contribution in [1.82, 2.24) is 15.0 Å². The van der Waals surface area contributed by atoms with Crippen molar-refractivity contribution in [3.63, 3.8) is 0 Å². The Hall–Kier alpha value is -3.64. The molecule has 0 fully saturated rings. The fourth-order valence-corrected chi connectivity index (χ4v) is 4.72. The molecule has 0 saturated heterocycles. The van der Waals surface area contributed by atoms with E-state index >= 15 is 0 Å². The smallest absolute Gasteiger partial charge is 0.337 e. The molecule has 1 N–H and O–H groups in total. The van der Waals surface area contributed by atoms with E-state index in [2.05, 4.69) is 20.3 Å². The number of carbonyl (C=O) groups is 1. The van der Waals surface area contributed by atoms with E-state index in [1.54, 1.807) is 30.3 Å². The first-order chi connectivity index (χ1) is 15.1. The number of hydrogen-bond acceptors (Lipinski definition) is 10. The van der Waals surface area contributed by atoms with Crippen LogP contribution >= 0.6 is 0 Å². The molecule has 12 heteroatoms. The minimum atomic E-state index is -4.80. The van der Waals surface area contributed by atoms with Gasteiger partial charge in [-0.3, -0.25) is 0 Å². The number of para-hydroxylation sites is 1. The number of hydrogen-bond donors (Lipinski definition) is 1. The van der Waals surface area contributed by atoms with Gasteiger partial charge in [0.25, 0.3) is 14.0 Å². The van der Waals surface area contributed by atoms with Gasteiger partial charge in [-0.2, -0.15) is 0 Å². The number of rotatable bonds is 5. The van der Waals surface area contributed by atoms with Gasteiger partial charge in [0.1, 0.15) is 5.52 Å². The summed E-state index contributed by atoms with van der Waals surface area (Å²) in [7, 11) is -8.04. The summed E-state index contributed by atoms with van der Waals surface area (Å²) in [5.74, 6) is -0.384. The van der Waals surface area contributed by atoms with E-state index in [0.717, 1.165) is 0 Å². The standard InChI is InChI=1S/C20H16N4O6S2/c1-30-19(25)12-8-9-14-15-11-21-20(32(28,29)31(2,26)27)24-17(15)18(23-16(14)10-12)22-13-6-4-3-5-7-13/h3-11H,1-2H3,(H,22,23). The third kappa shape index (κ3) is 3.74. The Morgan fingerprint density at radius 2 is 1.69 bits per heavy atom. The van der Waals surface area contributed by atoms with Gasteiger partial charge in [0, 0.05) is 22.7 Å². The first kappa shape index (κ1) is 21.6. The quantitative estimate of drug-likeness (QED) is 0.199. The molecule has 0 radical (unpaired) electrons. The Morgan fingerprint density at radius 3 is 2.34 bits per heavy atom. The van der Waals surface area contributed by atoms with E-state index in [9.17, 15) is 21.6 Å². The molecule has 164 valence electrons. The van der Waals surface area contributed by atoms with E-state index in [1.165, 1.54) is 25.4 Å². The summed E-state index contributed by atoms with van der Waals surface area (Å²) >= 11 is 0. The van der Waals surface area contributed by atoms with Crippen molar-refractivity contribution in [3.05, 3.63) is 60.3 Å². The Balaban J connectivity index is 2.03. The molecular formula is C20H16N4O6S2. The number of methoxy groups -OCH3 is 1. The largest absolute Gasteiger partial charge is 0.465 e. The molecule has 32 heavy (non-hydrogen) atoms. The van der Waals surface area contributed by atoms with Crippen molar-refractivity contribution in [1.29, 1.82) is 0 Å². The first-order valence-electron chi connectivity index (χ1n) is 9.08. The van der Waals surface area contributed by atoms with Gasteiger partial charge in [-0.05, 0) is 24.3 Å². The maximum absolute atomic E-state index is 12.4. The van der Waals surface area contributed by atoms with Gasteiger partial charge in [0.05, 0.1) is 24.4 Å². The molecule has 4 rings (SSSR count). The van der Waals surface area contributed by atoms with E-state index < -0.39 is 28.9 Å². The summed E-state index contributed by atoms with van der Waals surface area (Å²) in [6.45, 7) is 0. The molecular weight excluding hydrogens is 456 g/mol. The number of ether oxygens (including phenoxy) is 1. The number of nitrogens with zero attached hydrogens (tertiary/aromatic N) is 3. The van der Waals surface area contributed by atoms with Gasteiger partial charge in [-0.15, -0.1) is 0 Å². The molecule has 0 aliphatic rings. The highest BCUT2D eigenvalue weighted by Gasteiger charge is 2.31. The van der Waals surface area contributed by atoms with Crippen LogP contribution in [0.5, 0.6) is 0 Å². The number of aromatic nitrogens is 3. The SMILES string of the molecule is COC(=O)c1ccc2c(c1)nc(Nc1ccccc1)c1nc(S(=O)(=O)S(C)(=O)=O)ncc12. The van der Waals surface area contributed by atoms with Crippen LogP contribution < -0.4 is 5.32 Å². The lowest BCUT2D eigenvalue weighted by Crippen LogP contribution is -2.17. The maximum Gasteiger partial charge on any atom is 0.337 e. The lowest BCUT2D eigenvalue weighted by Gasteiger charge is -2.12. The summed E-state index contributed by atoms with van der Waals surface area (Å²) in [4.78, 5) is 24.3. The van der Waals surface area contributed by atoms with Crippen molar-refractivity contribution >= 4 is 57.0 Å². The van der Waals surface area contributed by atoms with Crippen molar-refractivity contribution in [3.8, 4) is 0 Å². The number of esters is 1. The molecule has 0 spiro atoms. The van der Waals surface area contributed by atoms with E-state index in [1.807, 2.05) is 6.07 Å². The molecule has 0 aliphatic carbocycles. The van der Waals surface area contributed by atoms with Gasteiger partial charge in [-0.1, -0.05) is 24.3 Å². The third-order valence-corrected chi connectivity index (χ3v) is 8.87. The molecule has 2 aromatic heterocycles. The van der Waals surface area contributed by atoms with E-state index in [-0.39, 0.29) is 16.9 Å². The molecule has 10 nitrogen and oxygen atoms in total. The summed E-state index contributed by atoms with van der Waals surface area (Å²) in [6.07, 6.45) is 1.80. The molecule has 2 heterocycles. The molecule has 2 aromatic carbocycles. The van der Waals surface area contributed by atoms with Crippen LogP contribution in [0.15, 0.2) is 59.9 Å². The zero-order chi connectivity index (χ0) is 23.1. The maximum atomic E-state index is 12.4. The average molecular weight is 473 g/mol. The second-order valence-electron chi connectivity index (χ2n) is 6.75. The Morgan fingerprint density at radius 1 is 0.969 bits per heavy atom. The second kappa shape index (κ2) is 7.80. The van der Waals surface area contributed by atoms with Gasteiger partial charge >= 0.3 is 14.8 Å². The molecule has 0 amide bonds. The van der Waals surface area contributed by atoms with Gasteiger partial charge in [0.15, 0.2) is 5.82 Å². The zero-order valence-electron chi connectivity index (χ0n) is 16.8. The van der Waals surface area contributed by atoms with Crippen molar-refractivity contribution in [2.24, 2.45) is 0 Å². The van der Waals surface area contributed by atoms with Crippen LogP contribution in [-0.4, -0.2) is 51.1 Å². The zero-order valence-corrected chi connectivity index (χ0v) is 18.4. The van der Waals surface area contributed by atoms with Crippen molar-refractivity contribution in [2.75, 3.05) is 18.7 Å². The fraction of sp³-hybridized carbons (Fsp3) is 0.100. The number of pyridine rings is 1. The normalized spacial score (nSPS) is 12.1. The van der Waals surface area contributed by atoms with Crippen LogP contribution in [0.3, 0.4) is 0 Å². The lowest BCUT2D eigenvalue weighted by molar-refractivity contribution is 0.0601. The van der Waals surface area contributed by atoms with Gasteiger partial charge < -0.3 is 10.1 Å². The molecule has 0 bridgehead atoms. The topological polar surface area (TPSA) is 145 Å². The summed E-state index contributed by atoms with van der Waals surface area (Å²) < 4.78 is 53.0. The first-order valence-corrected chi connectivity index (χ1v) is 13.0. The van der Waals surface area contributed by atoms with Crippen molar-refractivity contribution < 1.29 is 26.4 Å². The molecule has 0 saturated carbocycles. The van der Waals surface area contributed by atoms with Crippen molar-refractivity contribution in [2.45, 2.75) is 5.16 Å². The predicted molar refractivity (Wildman–Crippen MR) is 118 cm³/mol. The van der Waals surface area contributed by atoms with Crippen LogP contribution in [0.1, 0.15) is 10.4 Å². The predicted octanol–water partition coefficient (Wildman–Crippen LogP) is 2.44. The number of benzene rings is 2. The number of anilines is 2. The Bertz CT molecular complexity index is 1590. The van der Waals surface area contributed by atoms with Crippen LogP contribution in [0.25, 0.3) is 21.8 Å². The third-order valence-electron chi connectivity index (χ3n) is 4.59. The molecule has 0 aliphatic heterocycles.